The summed E-state index contributed by atoms with van der Waals surface area (Å²) in [5.74, 6) is 0. The van der Waals surface area contributed by atoms with Crippen LogP contribution in [0.5, 0.6) is 0 Å². The van der Waals surface area contributed by atoms with Gasteiger partial charge in [0.05, 0.1) is 0 Å². The molecule has 0 aliphatic carbocycles. The summed E-state index contributed by atoms with van der Waals surface area (Å²) in [4.78, 5) is 0. The summed E-state index contributed by atoms with van der Waals surface area (Å²) < 4.78 is 0.865. The second kappa shape index (κ2) is 7.54. The summed E-state index contributed by atoms with van der Waals surface area (Å²) in [6, 6.07) is 0. The minimum absolute atomic E-state index is 0. The van der Waals surface area contributed by atoms with Crippen molar-refractivity contribution in [1.29, 1.82) is 0 Å². The Morgan fingerprint density at radius 2 is 1.43 bits per heavy atom. The van der Waals surface area contributed by atoms with Gasteiger partial charge >= 0.3 is 0 Å². The van der Waals surface area contributed by atoms with Crippen molar-refractivity contribution >= 4 is 0 Å². The van der Waals surface area contributed by atoms with Crippen LogP contribution in [0.25, 0.3) is 28.4 Å². The van der Waals surface area contributed by atoms with Crippen molar-refractivity contribution in [2.45, 2.75) is 0 Å². The molecule has 1 unspecified atom stereocenters. The van der Waals surface area contributed by atoms with Crippen molar-refractivity contribution in [3.8, 4) is 0 Å². The van der Waals surface area contributed by atoms with Crippen LogP contribution in [0.4, 0.5) is 0 Å². The maximum Gasteiger partial charge on any atom is 0.0495 e. The molecule has 2 aliphatic heterocycles. The fourth-order valence-electron chi connectivity index (χ4n) is 1.65. The molecule has 0 aromatic carbocycles. The van der Waals surface area contributed by atoms with Gasteiger partial charge in [-0.15, -0.1) is 6.54 Å². The third-order valence-corrected chi connectivity index (χ3v) is 2.37. The maximum atomic E-state index is 4.60. The van der Waals surface area contributed by atoms with Gasteiger partial charge in [-0.2, -0.15) is 6.54 Å². The van der Waals surface area contributed by atoms with Crippen LogP contribution < -0.4 is 0 Å². The Balaban J connectivity index is 0. The van der Waals surface area contributed by atoms with Crippen LogP contribution in [0, 0.1) is 0 Å². The Kier molecular flexibility index (Phi) is 8.99. The molecule has 1 atom stereocenters. The normalized spacial score (nSPS) is 30.9. The van der Waals surface area contributed by atoms with Gasteiger partial charge < -0.3 is 33.0 Å². The van der Waals surface area contributed by atoms with Gasteiger partial charge in [-0.25, -0.2) is 0 Å². The zero-order chi connectivity index (χ0) is 7.57. The van der Waals surface area contributed by atoms with Crippen molar-refractivity contribution in [1.82, 2.24) is 0 Å². The van der Waals surface area contributed by atoms with E-state index in [1.54, 1.807) is 0 Å². The van der Waals surface area contributed by atoms with E-state index in [0.717, 1.165) is 50.5 Å². The quantitative estimate of drug-likeness (QED) is 0.583. The molecule has 2 aliphatic rings. The first kappa shape index (κ1) is 16.7. The molecule has 89 valence electrons. The average molecular weight is 245 g/mol. The molecule has 0 amide bonds. The van der Waals surface area contributed by atoms with E-state index >= 15 is 0 Å². The predicted molar refractivity (Wildman–Crippen MR) is 55.0 cm³/mol. The number of hydrogen-bond acceptors (Lipinski definition) is 0. The van der Waals surface area contributed by atoms with Gasteiger partial charge in [-0.3, -0.25) is 0 Å². The van der Waals surface area contributed by atoms with E-state index in [1.165, 1.54) is 0 Å². The molecule has 7 heteroatoms. The van der Waals surface area contributed by atoms with Gasteiger partial charge in [-0.05, 0) is 6.67 Å². The van der Waals surface area contributed by atoms with Gasteiger partial charge in [0.1, 0.15) is 0 Å². The smallest absolute Gasteiger partial charge is 0.0495 e. The molecule has 2 rings (SSSR count). The summed E-state index contributed by atoms with van der Waals surface area (Å²) >= 11 is 0. The first-order valence-corrected chi connectivity index (χ1v) is 4.23. The molecular weight excluding hydrogens is 227 g/mol. The first-order chi connectivity index (χ1) is 5.41. The van der Waals surface area contributed by atoms with Crippen LogP contribution in [0.3, 0.4) is 0 Å². The molecular formula is C7H18CoN6-4. The van der Waals surface area contributed by atoms with Crippen LogP contribution >= 0.6 is 0 Å². The van der Waals surface area contributed by atoms with Crippen LogP contribution in [-0.4, -0.2) is 50.5 Å². The second-order valence-electron chi connectivity index (χ2n) is 3.17. The van der Waals surface area contributed by atoms with E-state index in [0.29, 0.717) is 0 Å². The number of quaternary nitrogens is 1. The Hall–Kier alpha value is 0.266. The molecule has 0 saturated carbocycles. The van der Waals surface area contributed by atoms with Crippen LogP contribution in [0.2, 0.25) is 0 Å². The standard InChI is InChI=1S/C7H14N4.Co.2H2N/c1-2-10-11(5-3-8-1)6-4-9-7-11;;;/h1-7H2;;2*1H2/q-2;;2*-1. The third kappa shape index (κ3) is 3.79. The molecule has 2 fully saturated rings. The molecule has 2 heterocycles. The van der Waals surface area contributed by atoms with E-state index < -0.39 is 0 Å². The summed E-state index contributed by atoms with van der Waals surface area (Å²) in [5.41, 5.74) is 4.60. The monoisotopic (exact) mass is 245 g/mol. The van der Waals surface area contributed by atoms with Crippen molar-refractivity contribution in [2.24, 2.45) is 0 Å². The van der Waals surface area contributed by atoms with E-state index in [4.69, 9.17) is 0 Å². The van der Waals surface area contributed by atoms with Crippen LogP contribution in [0.15, 0.2) is 0 Å². The van der Waals surface area contributed by atoms with Crippen LogP contribution in [0.1, 0.15) is 0 Å². The van der Waals surface area contributed by atoms with Gasteiger partial charge in [0.25, 0.3) is 0 Å². The predicted octanol–water partition coefficient (Wildman–Crippen LogP) is 2.26. The van der Waals surface area contributed by atoms with E-state index in [9.17, 15) is 0 Å². The fourth-order valence-corrected chi connectivity index (χ4v) is 1.65. The molecule has 2 saturated heterocycles. The van der Waals surface area contributed by atoms with E-state index in [-0.39, 0.29) is 29.1 Å². The Morgan fingerprint density at radius 1 is 0.786 bits per heavy atom. The summed E-state index contributed by atoms with van der Waals surface area (Å²) in [7, 11) is 0. The SMILES string of the molecule is C1C[N-][N+]2(CC[N-]1)CC[N-]C2.[Co].[NH2-].[NH2-]. The van der Waals surface area contributed by atoms with Gasteiger partial charge in [0.2, 0.25) is 0 Å². The third-order valence-electron chi connectivity index (χ3n) is 2.37. The van der Waals surface area contributed by atoms with Crippen molar-refractivity contribution in [2.75, 3.05) is 45.9 Å². The van der Waals surface area contributed by atoms with Crippen molar-refractivity contribution < 1.29 is 21.4 Å². The molecule has 0 aromatic rings. The number of hydrogen-bond donors (Lipinski definition) is 0. The summed E-state index contributed by atoms with van der Waals surface area (Å²) in [6.45, 7) is 6.85. The van der Waals surface area contributed by atoms with E-state index in [2.05, 4.69) is 16.1 Å². The first-order valence-electron chi connectivity index (χ1n) is 4.23. The number of nitrogens with zero attached hydrogens (tertiary/aromatic N) is 4. The molecule has 1 spiro atoms. The number of nitrogens with two attached hydrogens (primary N) is 2. The Morgan fingerprint density at radius 3 is 2.07 bits per heavy atom. The topological polar surface area (TPSA) is 109 Å². The maximum absolute atomic E-state index is 4.60. The average Bonchev–Trinajstić information content (AvgIpc) is 2.32. The minimum atomic E-state index is 0. The molecule has 0 bridgehead atoms. The van der Waals surface area contributed by atoms with Gasteiger partial charge in [0, 0.05) is 29.9 Å². The van der Waals surface area contributed by atoms with Gasteiger partial charge in [-0.1, -0.05) is 13.1 Å². The minimum Gasteiger partial charge on any atom is -0.693 e. The molecule has 4 N–H and O–H groups in total. The molecule has 0 aromatic heterocycles. The van der Waals surface area contributed by atoms with Crippen molar-refractivity contribution in [3.63, 3.8) is 0 Å². The zero-order valence-corrected chi connectivity index (χ0v) is 9.27. The molecule has 1 radical (unpaired) electrons. The largest absolute Gasteiger partial charge is 0.693 e. The van der Waals surface area contributed by atoms with E-state index in [1.807, 2.05) is 0 Å². The summed E-state index contributed by atoms with van der Waals surface area (Å²) in [6.07, 6.45) is 0. The van der Waals surface area contributed by atoms with Crippen molar-refractivity contribution in [3.05, 3.63) is 28.4 Å². The second-order valence-corrected chi connectivity index (χ2v) is 3.17. The molecule has 6 nitrogen and oxygen atoms in total. The summed E-state index contributed by atoms with van der Waals surface area (Å²) in [5, 5.41) is 8.68. The Bertz CT molecular complexity index is 128. The number of rotatable bonds is 0. The van der Waals surface area contributed by atoms with Gasteiger partial charge in [0.15, 0.2) is 0 Å². The van der Waals surface area contributed by atoms with Crippen LogP contribution in [-0.2, 0) is 16.8 Å². The molecule has 14 heavy (non-hydrogen) atoms. The fraction of sp³-hybridized carbons (Fsp3) is 1.00. The Labute approximate surface area is 96.1 Å². The zero-order valence-electron chi connectivity index (χ0n) is 8.23.